The van der Waals surface area contributed by atoms with Crippen molar-refractivity contribution in [3.8, 4) is 0 Å². The molecule has 1 aromatic carbocycles. The van der Waals surface area contributed by atoms with Gasteiger partial charge >= 0.3 is 0 Å². The van der Waals surface area contributed by atoms with Gasteiger partial charge in [0.25, 0.3) is 0 Å². The highest BCUT2D eigenvalue weighted by Crippen LogP contribution is 2.03. The lowest BCUT2D eigenvalue weighted by atomic mass is 10.1. The monoisotopic (exact) mass is 254 g/mol. The fourth-order valence-electron chi connectivity index (χ4n) is 2.13. The Kier molecular flexibility index (Phi) is 6.11. The lowest BCUT2D eigenvalue weighted by Gasteiger charge is -2.05. The molecule has 0 spiro atoms. The molecule has 1 aromatic heterocycles. The van der Waals surface area contributed by atoms with E-state index in [-0.39, 0.29) is 0 Å². The summed E-state index contributed by atoms with van der Waals surface area (Å²) in [5, 5.41) is 3.49. The van der Waals surface area contributed by atoms with Gasteiger partial charge in [0, 0.05) is 12.4 Å². The minimum atomic E-state index is 1.04. The number of unbranched alkanes of at least 4 members (excludes halogenated alkanes) is 1. The lowest BCUT2D eigenvalue weighted by Crippen LogP contribution is -2.18. The van der Waals surface area contributed by atoms with Gasteiger partial charge in [-0.05, 0) is 56.0 Å². The molecule has 1 heterocycles. The average molecular weight is 254 g/mol. The van der Waals surface area contributed by atoms with E-state index in [1.807, 2.05) is 18.5 Å². The Morgan fingerprint density at radius 2 is 1.63 bits per heavy atom. The lowest BCUT2D eigenvalue weighted by molar-refractivity contribution is 0.622. The second kappa shape index (κ2) is 8.44. The SMILES string of the molecule is c1ccc(CCCCNCCc2cccnc2)cc1. The predicted molar refractivity (Wildman–Crippen MR) is 80.2 cm³/mol. The zero-order valence-corrected chi connectivity index (χ0v) is 11.4. The third-order valence-corrected chi connectivity index (χ3v) is 3.23. The van der Waals surface area contributed by atoms with Gasteiger partial charge in [0.1, 0.15) is 0 Å². The summed E-state index contributed by atoms with van der Waals surface area (Å²) < 4.78 is 0. The van der Waals surface area contributed by atoms with Crippen molar-refractivity contribution in [2.75, 3.05) is 13.1 Å². The summed E-state index contributed by atoms with van der Waals surface area (Å²) in [4.78, 5) is 4.12. The molecule has 0 fully saturated rings. The molecular formula is C17H22N2. The highest BCUT2D eigenvalue weighted by atomic mass is 14.8. The molecule has 0 aliphatic heterocycles. The molecule has 0 unspecified atom stereocenters. The molecule has 0 saturated heterocycles. The minimum absolute atomic E-state index is 1.04. The van der Waals surface area contributed by atoms with Crippen molar-refractivity contribution in [1.82, 2.24) is 10.3 Å². The van der Waals surface area contributed by atoms with Crippen LogP contribution in [-0.2, 0) is 12.8 Å². The first-order valence-corrected chi connectivity index (χ1v) is 7.09. The van der Waals surface area contributed by atoms with E-state index in [1.54, 1.807) is 0 Å². The zero-order valence-electron chi connectivity index (χ0n) is 11.4. The minimum Gasteiger partial charge on any atom is -0.316 e. The summed E-state index contributed by atoms with van der Waals surface area (Å²) in [7, 11) is 0. The number of aryl methyl sites for hydroxylation is 1. The highest BCUT2D eigenvalue weighted by Gasteiger charge is 1.94. The van der Waals surface area contributed by atoms with Crippen molar-refractivity contribution >= 4 is 0 Å². The number of nitrogens with zero attached hydrogens (tertiary/aromatic N) is 1. The van der Waals surface area contributed by atoms with Crippen LogP contribution in [0.25, 0.3) is 0 Å². The van der Waals surface area contributed by atoms with Gasteiger partial charge in [0.15, 0.2) is 0 Å². The first-order chi connectivity index (χ1) is 9.45. The summed E-state index contributed by atoms with van der Waals surface area (Å²) in [5.74, 6) is 0. The van der Waals surface area contributed by atoms with Gasteiger partial charge < -0.3 is 5.32 Å². The van der Waals surface area contributed by atoms with Crippen molar-refractivity contribution in [3.63, 3.8) is 0 Å². The van der Waals surface area contributed by atoms with E-state index in [9.17, 15) is 0 Å². The van der Waals surface area contributed by atoms with Crippen LogP contribution in [0, 0.1) is 0 Å². The van der Waals surface area contributed by atoms with Crippen LogP contribution in [0.15, 0.2) is 54.9 Å². The summed E-state index contributed by atoms with van der Waals surface area (Å²) in [5.41, 5.74) is 2.75. The third kappa shape index (κ3) is 5.66. The topological polar surface area (TPSA) is 24.9 Å². The molecule has 2 rings (SSSR count). The average Bonchev–Trinajstić information content (AvgIpc) is 2.48. The van der Waals surface area contributed by atoms with Crippen LogP contribution in [0.5, 0.6) is 0 Å². The normalized spacial score (nSPS) is 10.5. The van der Waals surface area contributed by atoms with Gasteiger partial charge in [-0.25, -0.2) is 0 Å². The third-order valence-electron chi connectivity index (χ3n) is 3.23. The first-order valence-electron chi connectivity index (χ1n) is 7.09. The Bertz CT molecular complexity index is 396. The van der Waals surface area contributed by atoms with Gasteiger partial charge in [0.2, 0.25) is 0 Å². The van der Waals surface area contributed by atoms with E-state index in [2.05, 4.69) is 46.7 Å². The van der Waals surface area contributed by atoms with E-state index >= 15 is 0 Å². The van der Waals surface area contributed by atoms with E-state index in [4.69, 9.17) is 0 Å². The maximum absolute atomic E-state index is 4.12. The van der Waals surface area contributed by atoms with Gasteiger partial charge in [-0.15, -0.1) is 0 Å². The molecule has 0 aliphatic rings. The molecule has 100 valence electrons. The molecule has 2 nitrogen and oxygen atoms in total. The summed E-state index contributed by atoms with van der Waals surface area (Å²) in [6.45, 7) is 2.14. The Morgan fingerprint density at radius 1 is 0.789 bits per heavy atom. The molecule has 1 N–H and O–H groups in total. The van der Waals surface area contributed by atoms with Crippen molar-refractivity contribution in [2.45, 2.75) is 25.7 Å². The summed E-state index contributed by atoms with van der Waals surface area (Å²) in [6, 6.07) is 14.8. The van der Waals surface area contributed by atoms with Crippen LogP contribution < -0.4 is 5.32 Å². The van der Waals surface area contributed by atoms with Crippen LogP contribution in [0.3, 0.4) is 0 Å². The number of hydrogen-bond donors (Lipinski definition) is 1. The van der Waals surface area contributed by atoms with E-state index < -0.39 is 0 Å². The number of aromatic nitrogens is 1. The Labute approximate surface area is 115 Å². The molecule has 2 heteroatoms. The van der Waals surface area contributed by atoms with Crippen LogP contribution in [0.4, 0.5) is 0 Å². The second-order valence-corrected chi connectivity index (χ2v) is 4.80. The van der Waals surface area contributed by atoms with E-state index in [1.165, 1.54) is 30.4 Å². The van der Waals surface area contributed by atoms with E-state index in [0.29, 0.717) is 0 Å². The highest BCUT2D eigenvalue weighted by molar-refractivity contribution is 5.14. The molecule has 2 aromatic rings. The Hall–Kier alpha value is -1.67. The summed E-state index contributed by atoms with van der Waals surface area (Å²) in [6.07, 6.45) is 8.50. The molecule has 0 amide bonds. The number of nitrogens with one attached hydrogen (secondary N) is 1. The van der Waals surface area contributed by atoms with Crippen LogP contribution in [0.1, 0.15) is 24.0 Å². The molecule has 0 saturated carbocycles. The largest absolute Gasteiger partial charge is 0.316 e. The van der Waals surface area contributed by atoms with Gasteiger partial charge in [-0.1, -0.05) is 36.4 Å². The molecule has 0 aliphatic carbocycles. The molecule has 0 bridgehead atoms. The van der Waals surface area contributed by atoms with Gasteiger partial charge in [-0.3, -0.25) is 4.98 Å². The smallest absolute Gasteiger partial charge is 0.0300 e. The van der Waals surface area contributed by atoms with Crippen molar-refractivity contribution < 1.29 is 0 Å². The molecular weight excluding hydrogens is 232 g/mol. The van der Waals surface area contributed by atoms with Gasteiger partial charge in [0.05, 0.1) is 0 Å². The standard InChI is InChI=1S/C17H22N2/c1-2-7-16(8-3-1)9-4-5-12-18-14-11-17-10-6-13-19-15-17/h1-3,6-8,10,13,15,18H,4-5,9,11-12,14H2. The number of hydrogen-bond acceptors (Lipinski definition) is 2. The molecule has 0 radical (unpaired) electrons. The zero-order chi connectivity index (χ0) is 13.2. The molecule has 19 heavy (non-hydrogen) atoms. The fraction of sp³-hybridized carbons (Fsp3) is 0.353. The van der Waals surface area contributed by atoms with Crippen LogP contribution in [0.2, 0.25) is 0 Å². The fourth-order valence-corrected chi connectivity index (χ4v) is 2.13. The second-order valence-electron chi connectivity index (χ2n) is 4.80. The Balaban J connectivity index is 1.49. The van der Waals surface area contributed by atoms with Crippen molar-refractivity contribution in [3.05, 3.63) is 66.0 Å². The summed E-state index contributed by atoms with van der Waals surface area (Å²) >= 11 is 0. The number of benzene rings is 1. The quantitative estimate of drug-likeness (QED) is 0.732. The van der Waals surface area contributed by atoms with Crippen molar-refractivity contribution in [1.29, 1.82) is 0 Å². The first kappa shape index (κ1) is 13.8. The Morgan fingerprint density at radius 3 is 2.42 bits per heavy atom. The van der Waals surface area contributed by atoms with Gasteiger partial charge in [-0.2, -0.15) is 0 Å². The van der Waals surface area contributed by atoms with Crippen molar-refractivity contribution in [2.24, 2.45) is 0 Å². The maximum atomic E-state index is 4.12. The number of rotatable bonds is 8. The van der Waals surface area contributed by atoms with E-state index in [0.717, 1.165) is 19.5 Å². The van der Waals surface area contributed by atoms with Crippen LogP contribution >= 0.6 is 0 Å². The predicted octanol–water partition coefficient (Wildman–Crippen LogP) is 3.24. The maximum Gasteiger partial charge on any atom is 0.0300 e. The van der Waals surface area contributed by atoms with Crippen LogP contribution in [-0.4, -0.2) is 18.1 Å². The molecule has 0 atom stereocenters. The number of pyridine rings is 1.